The quantitative estimate of drug-likeness (QED) is 0.0252. The fourth-order valence-corrected chi connectivity index (χ4v) is 15.9. The Kier molecular flexibility index (Phi) is 48.8. The highest BCUT2D eigenvalue weighted by molar-refractivity contribution is 9.11. The van der Waals surface area contributed by atoms with Gasteiger partial charge in [-0.05, 0) is 127 Å². The van der Waals surface area contributed by atoms with Crippen molar-refractivity contribution in [1.29, 1.82) is 5.26 Å². The van der Waals surface area contributed by atoms with E-state index in [2.05, 4.69) is 118 Å². The highest BCUT2D eigenvalue weighted by atomic mass is 79.9. The summed E-state index contributed by atoms with van der Waals surface area (Å²) in [6.07, 6.45) is 0.413. The van der Waals surface area contributed by atoms with Crippen LogP contribution in [0.5, 0.6) is 155 Å². The maximum absolute atomic E-state index is 12.5. The fourth-order valence-electron chi connectivity index (χ4n) is 12.8. The standard InChI is InChI=1S/C16H14BrNO3.C16H15BrO5.C16H13BrO4.C15H14BrClO3.C15H13BrO5.C15H15BrO4.C8H10O3.C7H4BrClO2/c1-19-13-8-14(20-2)10-15(9-13)21-16-4-3-12(17)7-11(16)5-6-18;1-20-12-7-13(21-2)9-14(8-12)22-15-4-3-11(17)5-10(15)6-16(18)19;1-19-11-7-14(20-2)16-12(18)6-9-5-10(17)3-4-13(9)21-15(16)8-11;1-18-12-6-13(19-2)8-14(7-12)20-15-4-3-11(16)5-10(15)9-17;1-19-10-6-11(20-2)8-12(7-10)21-14-4-3-9(16)5-13(14)15(17)18;1-18-12-6-13(19-2)8-14(7-12)20-15-4-3-11(16)5-10(15)9-17;1-10-7-3-6(9)4-8(5-7)11-2;8-4-1-2-6(9)5(3-4)7(10)11/h3-4,7-10H,5H2,1-2H3;3-5,7-9H,6H2,1-2H3,(H,18,19);3-5,7-8H,6H2,1-2H3;3-8H,9H2,1-2H3;3-8H,1-2H3,(H,17,18);3-8,17H,9H2,1-2H3;3-5,9H,1-2H3;1-3H,(H,10,11). The molecule has 0 fully saturated rings. The van der Waals surface area contributed by atoms with Gasteiger partial charge in [-0.3, -0.25) is 9.59 Å². The minimum absolute atomic E-state index is 0.0404. The molecule has 0 spiro atoms. The van der Waals surface area contributed by atoms with Crippen molar-refractivity contribution < 1.29 is 139 Å². The van der Waals surface area contributed by atoms with Gasteiger partial charge < -0.3 is 120 Å². The van der Waals surface area contributed by atoms with Crippen molar-refractivity contribution in [1.82, 2.24) is 0 Å². The number of nitriles is 1. The Balaban J connectivity index is 0.000000207. The van der Waals surface area contributed by atoms with E-state index in [0.29, 0.717) is 175 Å². The normalized spacial score (nSPS) is 10.4. The van der Waals surface area contributed by atoms with Crippen LogP contribution in [0.15, 0.2) is 280 Å². The second-order valence-electron chi connectivity index (χ2n) is 29.6. The lowest BCUT2D eigenvalue weighted by Crippen LogP contribution is -2.05. The van der Waals surface area contributed by atoms with Gasteiger partial charge >= 0.3 is 17.9 Å². The molecule has 0 atom stereocenters. The molecule has 0 aromatic heterocycles. The van der Waals surface area contributed by atoms with Crippen molar-refractivity contribution in [2.24, 2.45) is 0 Å². The van der Waals surface area contributed by atoms with Crippen molar-refractivity contribution in [3.05, 3.63) is 330 Å². The third-order valence-electron chi connectivity index (χ3n) is 19.8. The number of fused-ring (bicyclic) bond motifs is 2. The zero-order valence-electron chi connectivity index (χ0n) is 81.1. The molecule has 14 aromatic carbocycles. The Labute approximate surface area is 917 Å². The summed E-state index contributed by atoms with van der Waals surface area (Å²) in [6.45, 7) is -0.101. The number of ether oxygens (including phenoxy) is 20. The second-order valence-corrected chi connectivity index (χ2v) is 36.6. The van der Waals surface area contributed by atoms with Crippen LogP contribution in [0.4, 0.5) is 0 Å². The second kappa shape index (κ2) is 60.5. The molecule has 15 rings (SSSR count). The van der Waals surface area contributed by atoms with Gasteiger partial charge in [-0.25, -0.2) is 9.59 Å². The first-order valence-electron chi connectivity index (χ1n) is 42.8. The van der Waals surface area contributed by atoms with Gasteiger partial charge in [0, 0.05) is 187 Å². The molecule has 0 aliphatic carbocycles. The van der Waals surface area contributed by atoms with Crippen molar-refractivity contribution in [3.63, 3.8) is 0 Å². The van der Waals surface area contributed by atoms with E-state index in [-0.39, 0.29) is 59.3 Å². The molecule has 0 saturated heterocycles. The smallest absolute Gasteiger partial charge is 0.339 e. The first-order chi connectivity index (χ1) is 70.5. The topological polar surface area (TPSA) is 378 Å². The summed E-state index contributed by atoms with van der Waals surface area (Å²) < 4.78 is 113. The SMILES string of the molecule is COc1cc(O)cc(OC)c1.COc1cc(OC)c2c(c1)Oc1ccc(Br)cc1CC2=O.COc1cc(OC)cc(Oc2ccc(Br)cc2C(=O)O)c1.COc1cc(OC)cc(Oc2ccc(Br)cc2CC#N)c1.COc1cc(OC)cc(Oc2ccc(Br)cc2CC(=O)O)c1.COc1cc(OC)cc(Oc2ccc(Br)cc2CCl)c1.COc1cc(OC)cc(Oc2ccc(Br)cc2CO)c1.O=C(O)c1cc(Br)ccc1Cl. The molecular weight excluding hydrogens is 2410 g/mol. The Morgan fingerprint density at radius 3 is 0.952 bits per heavy atom. The van der Waals surface area contributed by atoms with Crippen LogP contribution in [-0.2, 0) is 36.5 Å². The Hall–Kier alpha value is -13.7. The van der Waals surface area contributed by atoms with Crippen LogP contribution in [0.3, 0.4) is 0 Å². The molecule has 5 N–H and O–H groups in total. The highest BCUT2D eigenvalue weighted by Gasteiger charge is 2.27. The van der Waals surface area contributed by atoms with E-state index < -0.39 is 17.9 Å². The Morgan fingerprint density at radius 2 is 0.612 bits per heavy atom. The first kappa shape index (κ1) is 119. The number of carboxylic acids is 3. The number of carboxylic acid groups (broad SMARTS) is 3. The molecule has 0 unspecified atom stereocenters. The molecule has 0 amide bonds. The van der Waals surface area contributed by atoms with Gasteiger partial charge in [-0.1, -0.05) is 123 Å². The van der Waals surface area contributed by atoms with Gasteiger partial charge in [0.2, 0.25) is 0 Å². The van der Waals surface area contributed by atoms with Crippen LogP contribution in [0.1, 0.15) is 58.9 Å². The number of alkyl halides is 1. The molecule has 14 aromatic rings. The van der Waals surface area contributed by atoms with E-state index in [4.69, 9.17) is 139 Å². The van der Waals surface area contributed by atoms with Crippen LogP contribution in [0.2, 0.25) is 5.02 Å². The predicted molar refractivity (Wildman–Crippen MR) is 581 cm³/mol. The van der Waals surface area contributed by atoms with Crippen LogP contribution in [-0.4, -0.2) is 149 Å². The van der Waals surface area contributed by atoms with Gasteiger partial charge in [-0.15, -0.1) is 11.6 Å². The number of aliphatic hydroxyl groups is 1. The summed E-state index contributed by atoms with van der Waals surface area (Å²) in [5, 5.41) is 54.4. The average molecular weight is 2500 g/mol. The summed E-state index contributed by atoms with van der Waals surface area (Å²) in [4.78, 5) is 45.2. The maximum Gasteiger partial charge on any atom is 0.339 e. The molecule has 30 nitrogen and oxygen atoms in total. The average Bonchev–Trinajstić information content (AvgIpc) is 1.66. The summed E-state index contributed by atoms with van der Waals surface area (Å²) in [5.41, 5.74) is 4.45. The van der Waals surface area contributed by atoms with Crippen LogP contribution < -0.4 is 94.7 Å². The number of aliphatic hydroxyl groups excluding tert-OH is 1. The maximum atomic E-state index is 12.5. The Bertz CT molecular complexity index is 6650. The number of halogens is 9. The molecule has 0 bridgehead atoms. The molecule has 772 valence electrons. The van der Waals surface area contributed by atoms with Gasteiger partial charge in [0.1, 0.15) is 166 Å². The zero-order chi connectivity index (χ0) is 108. The fraction of sp³-hybridized carbons (Fsp3) is 0.176. The van der Waals surface area contributed by atoms with Gasteiger partial charge in [0.15, 0.2) is 5.78 Å². The van der Waals surface area contributed by atoms with Crippen molar-refractivity contribution in [2.45, 2.75) is 31.7 Å². The lowest BCUT2D eigenvalue weighted by molar-refractivity contribution is -0.136. The predicted octanol–water partition coefficient (Wildman–Crippen LogP) is 29.1. The Morgan fingerprint density at radius 1 is 0.327 bits per heavy atom. The molecule has 39 heteroatoms. The minimum Gasteiger partial charge on any atom is -0.508 e. The number of aromatic hydroxyl groups is 1. The molecule has 1 aliphatic rings. The number of Topliss-reactive ketones (excluding diaryl/α,β-unsaturated/α-hetero) is 1. The van der Waals surface area contributed by atoms with Crippen LogP contribution in [0.25, 0.3) is 0 Å². The summed E-state index contributed by atoms with van der Waals surface area (Å²) >= 11 is 34.8. The number of carbonyl (C=O) groups is 4. The monoisotopic (exact) mass is 2490 g/mol. The van der Waals surface area contributed by atoms with E-state index in [1.54, 1.807) is 216 Å². The van der Waals surface area contributed by atoms with Crippen molar-refractivity contribution in [2.75, 3.05) is 99.5 Å². The van der Waals surface area contributed by atoms with E-state index in [1.807, 2.05) is 66.7 Å². The summed E-state index contributed by atoms with van der Waals surface area (Å²) in [6, 6.07) is 73.4. The van der Waals surface area contributed by atoms with Crippen LogP contribution in [0, 0.1) is 11.3 Å². The van der Waals surface area contributed by atoms with Crippen molar-refractivity contribution >= 4 is 158 Å². The molecule has 0 radical (unpaired) electrons. The highest BCUT2D eigenvalue weighted by Crippen LogP contribution is 2.45. The number of phenolic OH excluding ortho intramolecular Hbond substituents is 1. The van der Waals surface area contributed by atoms with E-state index in [0.717, 1.165) is 39.1 Å². The van der Waals surface area contributed by atoms with Gasteiger partial charge in [0.25, 0.3) is 0 Å². The van der Waals surface area contributed by atoms with E-state index >= 15 is 0 Å². The number of methoxy groups -OCH3 is 14. The lowest BCUT2D eigenvalue weighted by atomic mass is 10.0. The molecular formula is C108H98Br7Cl2NO29. The number of nitrogens with zero attached hydrogens (tertiary/aromatic N) is 1. The van der Waals surface area contributed by atoms with Gasteiger partial charge in [-0.2, -0.15) is 5.26 Å². The minimum atomic E-state index is -1.07. The molecule has 147 heavy (non-hydrogen) atoms. The van der Waals surface area contributed by atoms with Gasteiger partial charge in [0.05, 0.1) is 142 Å². The number of hydrogen-bond acceptors (Lipinski definition) is 27. The van der Waals surface area contributed by atoms with Crippen molar-refractivity contribution in [3.8, 4) is 161 Å². The summed E-state index contributed by atoms with van der Waals surface area (Å²) in [5.74, 6) is 12.4. The first-order valence-corrected chi connectivity index (χ1v) is 49.3. The number of hydrogen-bond donors (Lipinski definition) is 5. The number of phenols is 1. The number of aromatic carboxylic acids is 2. The number of carbonyl (C=O) groups excluding carboxylic acids is 1. The number of rotatable bonds is 31. The number of benzene rings is 14. The third-order valence-corrected chi connectivity index (χ3v) is 23.9. The summed E-state index contributed by atoms with van der Waals surface area (Å²) in [7, 11) is 21.8. The lowest BCUT2D eigenvalue weighted by Gasteiger charge is -2.13. The molecule has 1 heterocycles. The third kappa shape index (κ3) is 37.7. The zero-order valence-corrected chi connectivity index (χ0v) is 93.7. The molecule has 0 saturated carbocycles. The van der Waals surface area contributed by atoms with Crippen LogP contribution >= 0.6 is 135 Å². The number of aliphatic carboxylic acids is 1. The largest absolute Gasteiger partial charge is 0.508 e. The van der Waals surface area contributed by atoms with E-state index in [9.17, 15) is 29.4 Å². The van der Waals surface area contributed by atoms with E-state index in [1.165, 1.54) is 65.9 Å². The molecule has 1 aliphatic heterocycles. The number of ketones is 1.